The van der Waals surface area contributed by atoms with Gasteiger partial charge in [-0.2, -0.15) is 23.4 Å². The van der Waals surface area contributed by atoms with Gasteiger partial charge in [0.2, 0.25) is 0 Å². The molecule has 0 amide bonds. The van der Waals surface area contributed by atoms with Crippen LogP contribution in [0.2, 0.25) is 0 Å². The summed E-state index contributed by atoms with van der Waals surface area (Å²) in [5.74, 6) is 0.103. The lowest BCUT2D eigenvalue weighted by Gasteiger charge is -2.10. The van der Waals surface area contributed by atoms with E-state index < -0.39 is 11.7 Å². The van der Waals surface area contributed by atoms with Crippen molar-refractivity contribution in [3.63, 3.8) is 0 Å². The van der Waals surface area contributed by atoms with E-state index >= 15 is 0 Å². The summed E-state index contributed by atoms with van der Waals surface area (Å²) in [4.78, 5) is 8.17. The third-order valence-corrected chi connectivity index (χ3v) is 4.75. The first-order valence-corrected chi connectivity index (χ1v) is 10.3. The molecule has 0 unspecified atom stereocenters. The number of amidine groups is 1. The van der Waals surface area contributed by atoms with E-state index in [0.29, 0.717) is 10.9 Å². The molecule has 1 aromatic carbocycles. The van der Waals surface area contributed by atoms with E-state index in [1.165, 1.54) is 23.9 Å². The highest BCUT2D eigenvalue weighted by Gasteiger charge is 2.31. The van der Waals surface area contributed by atoms with Crippen molar-refractivity contribution in [2.75, 3.05) is 20.4 Å². The summed E-state index contributed by atoms with van der Waals surface area (Å²) in [5.41, 5.74) is 5.56. The zero-order valence-corrected chi connectivity index (χ0v) is 18.7. The number of hydrogen-bond donors (Lipinski definition) is 3. The number of aromatic nitrogens is 1. The Kier molecular flexibility index (Phi) is 8.56. The Bertz CT molecular complexity index is 1020. The molecule has 2 aromatic rings. The van der Waals surface area contributed by atoms with Crippen LogP contribution < -0.4 is 16.2 Å². The molecule has 1 heterocycles. The number of halogens is 3. The number of thiocarbonyl (C=S) groups is 1. The van der Waals surface area contributed by atoms with Gasteiger partial charge in [-0.05, 0) is 37.5 Å². The molecule has 0 spiro atoms. The Morgan fingerprint density at radius 1 is 1.23 bits per heavy atom. The number of aliphatic imine (C=N–C) groups is 1. The Morgan fingerprint density at radius 2 is 1.97 bits per heavy atom. The number of thioether (sulfide) groups is 1. The second-order valence-corrected chi connectivity index (χ2v) is 7.01. The summed E-state index contributed by atoms with van der Waals surface area (Å²) in [6, 6.07) is 4.74. The van der Waals surface area contributed by atoms with Gasteiger partial charge in [-0.15, -0.1) is 0 Å². The fourth-order valence-corrected chi connectivity index (χ4v) is 2.66. The molecule has 13 heteroatoms. The molecule has 3 N–H and O–H groups in total. The Hall–Kier alpha value is -2.93. The van der Waals surface area contributed by atoms with Gasteiger partial charge in [0.25, 0.3) is 0 Å². The Labute approximate surface area is 186 Å². The van der Waals surface area contributed by atoms with Gasteiger partial charge >= 0.3 is 6.18 Å². The fourth-order valence-electron chi connectivity index (χ4n) is 2.30. The van der Waals surface area contributed by atoms with Gasteiger partial charge in [-0.1, -0.05) is 23.9 Å². The SMILES string of the molecule is CN=C(N/N=C(C)/C(=N/NC(=S)NC)c1ncoc1-c1cccc(C(F)(F)F)c1)SC. The molecule has 0 atom stereocenters. The molecule has 0 saturated heterocycles. The van der Waals surface area contributed by atoms with Gasteiger partial charge in [0.15, 0.2) is 22.4 Å². The highest BCUT2D eigenvalue weighted by molar-refractivity contribution is 8.13. The van der Waals surface area contributed by atoms with Crippen LogP contribution in [0.3, 0.4) is 0 Å². The quantitative estimate of drug-likeness (QED) is 0.266. The van der Waals surface area contributed by atoms with Crippen LogP contribution in [0.1, 0.15) is 18.2 Å². The molecular weight excluding hydrogens is 451 g/mol. The van der Waals surface area contributed by atoms with E-state index in [9.17, 15) is 13.2 Å². The van der Waals surface area contributed by atoms with E-state index in [-0.39, 0.29) is 27.8 Å². The minimum absolute atomic E-state index is 0.103. The van der Waals surface area contributed by atoms with Crippen LogP contribution in [-0.2, 0) is 6.18 Å². The number of oxazole rings is 1. The summed E-state index contributed by atoms with van der Waals surface area (Å²) >= 11 is 6.39. The molecule has 31 heavy (non-hydrogen) atoms. The first kappa shape index (κ1) is 24.3. The lowest BCUT2D eigenvalue weighted by atomic mass is 10.0. The number of nitrogens with zero attached hydrogens (tertiary/aromatic N) is 4. The number of hydrazone groups is 2. The second kappa shape index (κ2) is 10.9. The van der Waals surface area contributed by atoms with E-state index in [4.69, 9.17) is 16.6 Å². The fraction of sp³-hybridized carbons (Fsp3) is 0.278. The Balaban J connectivity index is 2.53. The minimum atomic E-state index is -4.50. The highest BCUT2D eigenvalue weighted by atomic mass is 32.2. The van der Waals surface area contributed by atoms with Gasteiger partial charge in [0.05, 0.1) is 11.3 Å². The molecule has 0 fully saturated rings. The van der Waals surface area contributed by atoms with Gasteiger partial charge in [-0.25, -0.2) is 4.98 Å². The molecule has 8 nitrogen and oxygen atoms in total. The van der Waals surface area contributed by atoms with Crippen LogP contribution in [0.4, 0.5) is 13.2 Å². The maximum absolute atomic E-state index is 13.1. The number of benzene rings is 1. The molecule has 166 valence electrons. The number of hydrogen-bond acceptors (Lipinski definition) is 7. The molecular formula is C18H20F3N7OS2. The minimum Gasteiger partial charge on any atom is -0.443 e. The van der Waals surface area contributed by atoms with E-state index in [0.717, 1.165) is 18.5 Å². The molecule has 1 aromatic heterocycles. The summed E-state index contributed by atoms with van der Waals surface area (Å²) in [7, 11) is 3.22. The van der Waals surface area contributed by atoms with Gasteiger partial charge in [-0.3, -0.25) is 15.8 Å². The van der Waals surface area contributed by atoms with E-state index in [1.54, 1.807) is 21.0 Å². The van der Waals surface area contributed by atoms with E-state index in [1.807, 2.05) is 6.26 Å². The molecule has 2 rings (SSSR count). The van der Waals surface area contributed by atoms with E-state index in [2.05, 4.69) is 36.3 Å². The van der Waals surface area contributed by atoms with Crippen molar-refractivity contribution in [3.05, 3.63) is 41.9 Å². The van der Waals surface area contributed by atoms with Crippen molar-refractivity contribution < 1.29 is 17.6 Å². The van der Waals surface area contributed by atoms with Crippen molar-refractivity contribution in [3.8, 4) is 11.3 Å². The molecule has 0 radical (unpaired) electrons. The van der Waals surface area contributed by atoms with Crippen LogP contribution in [-0.4, -0.2) is 47.0 Å². The molecule has 0 saturated carbocycles. The lowest BCUT2D eigenvalue weighted by molar-refractivity contribution is -0.137. The van der Waals surface area contributed by atoms with Crippen LogP contribution in [0, 0.1) is 0 Å². The maximum Gasteiger partial charge on any atom is 0.416 e. The summed E-state index contributed by atoms with van der Waals surface area (Å²) in [5, 5.41) is 11.9. The normalized spacial score (nSPS) is 13.2. The van der Waals surface area contributed by atoms with Crippen molar-refractivity contribution in [2.24, 2.45) is 15.2 Å². The predicted octanol–water partition coefficient (Wildman–Crippen LogP) is 3.47. The molecule has 0 aliphatic carbocycles. The zero-order valence-electron chi connectivity index (χ0n) is 17.0. The van der Waals surface area contributed by atoms with Crippen molar-refractivity contribution in [2.45, 2.75) is 13.1 Å². The number of rotatable bonds is 5. The first-order valence-electron chi connectivity index (χ1n) is 8.69. The van der Waals surface area contributed by atoms with Crippen molar-refractivity contribution >= 4 is 45.7 Å². The van der Waals surface area contributed by atoms with Crippen LogP contribution in [0.25, 0.3) is 11.3 Å². The predicted molar refractivity (Wildman–Crippen MR) is 121 cm³/mol. The lowest BCUT2D eigenvalue weighted by Crippen LogP contribution is -2.31. The van der Waals surface area contributed by atoms with Gasteiger partial charge in [0.1, 0.15) is 11.4 Å². The average Bonchev–Trinajstić information content (AvgIpc) is 3.23. The topological polar surface area (TPSA) is 99.2 Å². The standard InChI is InChI=1S/C18H20F3N7OS2/c1-10(25-28-17(23-3)31-4)13(26-27-16(30)22-2)14-15(29-9-24-14)11-6-5-7-12(8-11)18(19,20)21/h5-9H,1-4H3,(H,23,28)(H2,22,27,30)/b25-10+,26-13-. The third kappa shape index (κ3) is 6.52. The van der Waals surface area contributed by atoms with Crippen molar-refractivity contribution in [1.82, 2.24) is 21.2 Å². The highest BCUT2D eigenvalue weighted by Crippen LogP contribution is 2.33. The zero-order chi connectivity index (χ0) is 23.0. The van der Waals surface area contributed by atoms with Gasteiger partial charge in [0, 0.05) is 19.7 Å². The molecule has 0 aliphatic rings. The summed E-state index contributed by atoms with van der Waals surface area (Å²) < 4.78 is 44.9. The number of alkyl halides is 3. The summed E-state index contributed by atoms with van der Waals surface area (Å²) in [6.45, 7) is 1.65. The molecule has 0 aliphatic heterocycles. The smallest absolute Gasteiger partial charge is 0.416 e. The molecule has 0 bridgehead atoms. The largest absolute Gasteiger partial charge is 0.443 e. The van der Waals surface area contributed by atoms with Crippen LogP contribution >= 0.6 is 24.0 Å². The third-order valence-electron chi connectivity index (χ3n) is 3.80. The number of nitrogens with one attached hydrogen (secondary N) is 3. The Morgan fingerprint density at radius 3 is 2.58 bits per heavy atom. The van der Waals surface area contributed by atoms with Crippen LogP contribution in [0.5, 0.6) is 0 Å². The average molecular weight is 472 g/mol. The van der Waals surface area contributed by atoms with Gasteiger partial charge < -0.3 is 9.73 Å². The monoisotopic (exact) mass is 471 g/mol. The second-order valence-electron chi connectivity index (χ2n) is 5.80. The first-order chi connectivity index (χ1) is 14.7. The summed E-state index contributed by atoms with van der Waals surface area (Å²) in [6.07, 6.45) is -1.55. The van der Waals surface area contributed by atoms with Crippen LogP contribution in [0.15, 0.2) is 50.3 Å². The van der Waals surface area contributed by atoms with Crippen molar-refractivity contribution in [1.29, 1.82) is 0 Å². The maximum atomic E-state index is 13.1.